The van der Waals surface area contributed by atoms with Crippen LogP contribution in [0.3, 0.4) is 0 Å². The standard InChI is InChI=1S/C9H11N3OS/c10-4-3-6-1-2-7(13-6)8-5-12-9(11)14-8/h1-2,5H,3-4,10H2,(H2,11,12). The normalized spacial score (nSPS) is 10.6. The average Bonchev–Trinajstić information content (AvgIpc) is 2.74. The highest BCUT2D eigenvalue weighted by atomic mass is 32.1. The maximum atomic E-state index is 5.56. The van der Waals surface area contributed by atoms with Crippen molar-refractivity contribution in [3.63, 3.8) is 0 Å². The van der Waals surface area contributed by atoms with Crippen molar-refractivity contribution in [2.24, 2.45) is 5.73 Å². The minimum Gasteiger partial charge on any atom is -0.460 e. The lowest BCUT2D eigenvalue weighted by molar-refractivity contribution is 0.524. The monoisotopic (exact) mass is 209 g/mol. The van der Waals surface area contributed by atoms with E-state index >= 15 is 0 Å². The van der Waals surface area contributed by atoms with Crippen LogP contribution >= 0.6 is 11.3 Å². The van der Waals surface area contributed by atoms with Crippen molar-refractivity contribution < 1.29 is 4.42 Å². The van der Waals surface area contributed by atoms with Crippen molar-refractivity contribution in [2.45, 2.75) is 6.42 Å². The zero-order valence-corrected chi connectivity index (χ0v) is 8.38. The lowest BCUT2D eigenvalue weighted by Gasteiger charge is -1.91. The number of furan rings is 1. The largest absolute Gasteiger partial charge is 0.460 e. The van der Waals surface area contributed by atoms with Crippen LogP contribution in [-0.4, -0.2) is 11.5 Å². The van der Waals surface area contributed by atoms with Crippen LogP contribution in [0.5, 0.6) is 0 Å². The Labute approximate surface area is 85.6 Å². The Bertz CT molecular complexity index is 421. The molecule has 0 amide bonds. The number of anilines is 1. The van der Waals surface area contributed by atoms with Crippen molar-refractivity contribution in [1.82, 2.24) is 4.98 Å². The molecule has 5 heteroatoms. The highest BCUT2D eigenvalue weighted by Crippen LogP contribution is 2.28. The molecule has 74 valence electrons. The minimum atomic E-state index is 0.553. The maximum absolute atomic E-state index is 5.56. The molecule has 0 aromatic carbocycles. The predicted molar refractivity (Wildman–Crippen MR) is 57.0 cm³/mol. The number of nitrogens with two attached hydrogens (primary N) is 2. The van der Waals surface area contributed by atoms with Gasteiger partial charge >= 0.3 is 0 Å². The molecule has 0 aliphatic heterocycles. The molecule has 0 aliphatic carbocycles. The molecule has 0 fully saturated rings. The second kappa shape index (κ2) is 3.81. The number of rotatable bonds is 3. The van der Waals surface area contributed by atoms with Crippen LogP contribution < -0.4 is 11.5 Å². The Morgan fingerprint density at radius 1 is 1.43 bits per heavy atom. The third-order valence-electron chi connectivity index (χ3n) is 1.82. The lowest BCUT2D eigenvalue weighted by Crippen LogP contribution is -2.01. The van der Waals surface area contributed by atoms with Gasteiger partial charge < -0.3 is 15.9 Å². The van der Waals surface area contributed by atoms with Crippen molar-refractivity contribution in [2.75, 3.05) is 12.3 Å². The molecule has 2 heterocycles. The molecule has 0 unspecified atom stereocenters. The summed E-state index contributed by atoms with van der Waals surface area (Å²) in [5.41, 5.74) is 11.0. The van der Waals surface area contributed by atoms with Crippen LogP contribution in [0.4, 0.5) is 5.13 Å². The molecule has 0 atom stereocenters. The molecule has 0 radical (unpaired) electrons. The minimum absolute atomic E-state index is 0.553. The van der Waals surface area contributed by atoms with E-state index in [2.05, 4.69) is 4.98 Å². The second-order valence-corrected chi connectivity index (χ2v) is 3.93. The molecule has 0 aliphatic rings. The van der Waals surface area contributed by atoms with Crippen molar-refractivity contribution in [3.05, 3.63) is 24.1 Å². The van der Waals surface area contributed by atoms with Gasteiger partial charge in [0, 0.05) is 6.42 Å². The van der Waals surface area contributed by atoms with Gasteiger partial charge in [-0.1, -0.05) is 11.3 Å². The van der Waals surface area contributed by atoms with Crippen LogP contribution in [0, 0.1) is 0 Å². The topological polar surface area (TPSA) is 78.1 Å². The van der Waals surface area contributed by atoms with E-state index in [-0.39, 0.29) is 0 Å². The first-order valence-electron chi connectivity index (χ1n) is 4.30. The summed E-state index contributed by atoms with van der Waals surface area (Å²) in [4.78, 5) is 4.91. The van der Waals surface area contributed by atoms with Crippen LogP contribution in [-0.2, 0) is 6.42 Å². The molecule has 0 saturated carbocycles. The van der Waals surface area contributed by atoms with E-state index in [1.54, 1.807) is 6.20 Å². The number of nitrogens with zero attached hydrogens (tertiary/aromatic N) is 1. The van der Waals surface area contributed by atoms with E-state index < -0.39 is 0 Å². The van der Waals surface area contributed by atoms with E-state index in [0.29, 0.717) is 11.7 Å². The highest BCUT2D eigenvalue weighted by molar-refractivity contribution is 7.18. The summed E-state index contributed by atoms with van der Waals surface area (Å²) in [5.74, 6) is 1.71. The maximum Gasteiger partial charge on any atom is 0.180 e. The summed E-state index contributed by atoms with van der Waals surface area (Å²) in [6.07, 6.45) is 2.47. The van der Waals surface area contributed by atoms with E-state index in [4.69, 9.17) is 15.9 Å². The summed E-state index contributed by atoms with van der Waals surface area (Å²) < 4.78 is 5.56. The van der Waals surface area contributed by atoms with Crippen molar-refractivity contribution >= 4 is 16.5 Å². The average molecular weight is 209 g/mol. The second-order valence-electron chi connectivity index (χ2n) is 2.87. The fourth-order valence-electron chi connectivity index (χ4n) is 1.19. The zero-order valence-electron chi connectivity index (χ0n) is 7.56. The fraction of sp³-hybridized carbons (Fsp3) is 0.222. The highest BCUT2D eigenvalue weighted by Gasteiger charge is 2.07. The fourth-order valence-corrected chi connectivity index (χ4v) is 1.83. The first-order chi connectivity index (χ1) is 6.79. The van der Waals surface area contributed by atoms with E-state index in [9.17, 15) is 0 Å². The Morgan fingerprint density at radius 2 is 2.29 bits per heavy atom. The molecule has 2 aromatic heterocycles. The Kier molecular flexibility index (Phi) is 2.51. The summed E-state index contributed by atoms with van der Waals surface area (Å²) in [5, 5.41) is 0.553. The SMILES string of the molecule is NCCc1ccc(-c2cnc(N)s2)o1. The van der Waals surface area contributed by atoms with E-state index in [0.717, 1.165) is 22.8 Å². The first kappa shape index (κ1) is 9.23. The third kappa shape index (κ3) is 1.78. The number of nitrogen functional groups attached to an aromatic ring is 1. The quantitative estimate of drug-likeness (QED) is 0.802. The Hall–Kier alpha value is -1.33. The summed E-state index contributed by atoms with van der Waals surface area (Å²) in [7, 11) is 0. The molecule has 4 N–H and O–H groups in total. The third-order valence-corrected chi connectivity index (χ3v) is 2.66. The van der Waals surface area contributed by atoms with Gasteiger partial charge in [0.15, 0.2) is 5.13 Å². The molecule has 2 rings (SSSR count). The van der Waals surface area contributed by atoms with Gasteiger partial charge in [-0.2, -0.15) is 0 Å². The lowest BCUT2D eigenvalue weighted by atomic mass is 10.3. The number of hydrogen-bond acceptors (Lipinski definition) is 5. The molecule has 2 aromatic rings. The van der Waals surface area contributed by atoms with Crippen molar-refractivity contribution in [3.8, 4) is 10.6 Å². The van der Waals surface area contributed by atoms with Gasteiger partial charge in [0.1, 0.15) is 11.5 Å². The van der Waals surface area contributed by atoms with Gasteiger partial charge in [0.25, 0.3) is 0 Å². The summed E-state index contributed by atoms with van der Waals surface area (Å²) >= 11 is 1.41. The summed E-state index contributed by atoms with van der Waals surface area (Å²) in [6, 6.07) is 3.84. The molecular weight excluding hydrogens is 198 g/mol. The smallest absolute Gasteiger partial charge is 0.180 e. The van der Waals surface area contributed by atoms with Gasteiger partial charge in [0.05, 0.1) is 11.1 Å². The molecule has 4 nitrogen and oxygen atoms in total. The molecule has 14 heavy (non-hydrogen) atoms. The van der Waals surface area contributed by atoms with Crippen LogP contribution in [0.2, 0.25) is 0 Å². The van der Waals surface area contributed by atoms with Crippen LogP contribution in [0.25, 0.3) is 10.6 Å². The molecular formula is C9H11N3OS. The molecule has 0 saturated heterocycles. The van der Waals surface area contributed by atoms with Gasteiger partial charge in [-0.3, -0.25) is 0 Å². The van der Waals surface area contributed by atoms with Crippen LogP contribution in [0.1, 0.15) is 5.76 Å². The van der Waals surface area contributed by atoms with Crippen LogP contribution in [0.15, 0.2) is 22.7 Å². The van der Waals surface area contributed by atoms with Crippen molar-refractivity contribution in [1.29, 1.82) is 0 Å². The zero-order chi connectivity index (χ0) is 9.97. The number of thiazole rings is 1. The van der Waals surface area contributed by atoms with E-state index in [1.165, 1.54) is 11.3 Å². The Balaban J connectivity index is 2.24. The van der Waals surface area contributed by atoms with Gasteiger partial charge in [0.2, 0.25) is 0 Å². The number of aromatic nitrogens is 1. The Morgan fingerprint density at radius 3 is 2.93 bits per heavy atom. The molecule has 0 bridgehead atoms. The van der Waals surface area contributed by atoms with Gasteiger partial charge in [-0.05, 0) is 18.7 Å². The van der Waals surface area contributed by atoms with Gasteiger partial charge in [-0.25, -0.2) is 4.98 Å². The first-order valence-corrected chi connectivity index (χ1v) is 5.11. The predicted octanol–water partition coefficient (Wildman–Crippen LogP) is 1.49. The number of hydrogen-bond donors (Lipinski definition) is 2. The van der Waals surface area contributed by atoms with Gasteiger partial charge in [-0.15, -0.1) is 0 Å². The summed E-state index contributed by atoms with van der Waals surface area (Å²) in [6.45, 7) is 0.595. The van der Waals surface area contributed by atoms with E-state index in [1.807, 2.05) is 12.1 Å². The molecule has 0 spiro atoms.